The molecule has 0 fully saturated rings. The number of carbonyl (C=O) groups excluding carboxylic acids is 1. The minimum absolute atomic E-state index is 0.671. The first-order valence-corrected chi connectivity index (χ1v) is 5.13. The zero-order valence-electron chi connectivity index (χ0n) is 8.60. The van der Waals surface area contributed by atoms with Gasteiger partial charge in [-0.1, -0.05) is 6.08 Å². The van der Waals surface area contributed by atoms with Crippen molar-refractivity contribution in [3.05, 3.63) is 47.2 Å². The van der Waals surface area contributed by atoms with E-state index in [9.17, 15) is 4.79 Å². The fraction of sp³-hybridized carbons (Fsp3) is 0.0769. The van der Waals surface area contributed by atoms with Crippen molar-refractivity contribution in [1.82, 2.24) is 0 Å². The average Bonchev–Trinajstić information content (AvgIpc) is 2.66. The van der Waals surface area contributed by atoms with Gasteiger partial charge in [-0.2, -0.15) is 0 Å². The molecule has 0 saturated heterocycles. The molecule has 0 radical (unpaired) electrons. The Morgan fingerprint density at radius 1 is 1.38 bits per heavy atom. The Hall–Kier alpha value is -2.16. The number of hydrogen-bond acceptors (Lipinski definition) is 3. The number of aliphatic imine (C=N–C) groups is 1. The van der Waals surface area contributed by atoms with E-state index in [1.165, 1.54) is 0 Å². The van der Waals surface area contributed by atoms with Crippen LogP contribution < -0.4 is 5.73 Å². The van der Waals surface area contributed by atoms with Gasteiger partial charge >= 0.3 is 0 Å². The molecule has 0 amide bonds. The number of fused-ring (bicyclic) bond motifs is 3. The summed E-state index contributed by atoms with van der Waals surface area (Å²) in [5.41, 5.74) is 11.2. The predicted molar refractivity (Wildman–Crippen MR) is 63.8 cm³/mol. The van der Waals surface area contributed by atoms with Crippen molar-refractivity contribution in [1.29, 1.82) is 0 Å². The highest BCUT2D eigenvalue weighted by molar-refractivity contribution is 6.30. The predicted octanol–water partition coefficient (Wildman–Crippen LogP) is 2.21. The van der Waals surface area contributed by atoms with Gasteiger partial charge in [0.1, 0.15) is 6.29 Å². The van der Waals surface area contributed by atoms with Gasteiger partial charge in [-0.25, -0.2) is 0 Å². The highest BCUT2D eigenvalue weighted by Crippen LogP contribution is 2.38. The summed E-state index contributed by atoms with van der Waals surface area (Å²) in [6.45, 7) is 0. The molecule has 1 aromatic carbocycles. The van der Waals surface area contributed by atoms with Gasteiger partial charge < -0.3 is 5.73 Å². The molecular weight excluding hydrogens is 200 g/mol. The molecule has 0 atom stereocenters. The van der Waals surface area contributed by atoms with E-state index in [2.05, 4.69) is 4.99 Å². The Morgan fingerprint density at radius 3 is 3.06 bits per heavy atom. The lowest BCUT2D eigenvalue weighted by molar-refractivity contribution is 0.112. The molecule has 0 saturated carbocycles. The number of rotatable bonds is 1. The lowest BCUT2D eigenvalue weighted by Crippen LogP contribution is -2.06. The van der Waals surface area contributed by atoms with Crippen LogP contribution in [-0.4, -0.2) is 12.0 Å². The van der Waals surface area contributed by atoms with E-state index in [1.54, 1.807) is 6.07 Å². The topological polar surface area (TPSA) is 55.4 Å². The molecule has 1 aliphatic heterocycles. The van der Waals surface area contributed by atoms with E-state index in [-0.39, 0.29) is 0 Å². The Balaban J connectivity index is 2.19. The summed E-state index contributed by atoms with van der Waals surface area (Å²) in [5.74, 6) is 0. The number of nitrogens with zero attached hydrogens (tertiary/aromatic N) is 1. The smallest absolute Gasteiger partial charge is 0.150 e. The maximum atomic E-state index is 10.7. The summed E-state index contributed by atoms with van der Waals surface area (Å²) in [4.78, 5) is 15.3. The molecule has 0 aromatic heterocycles. The summed E-state index contributed by atoms with van der Waals surface area (Å²) in [6, 6.07) is 5.52. The molecule has 3 heteroatoms. The molecule has 3 rings (SSSR count). The van der Waals surface area contributed by atoms with Crippen LogP contribution in [0.15, 0.2) is 41.0 Å². The molecule has 3 nitrogen and oxygen atoms in total. The van der Waals surface area contributed by atoms with Crippen LogP contribution in [0, 0.1) is 0 Å². The molecule has 16 heavy (non-hydrogen) atoms. The van der Waals surface area contributed by atoms with Crippen molar-refractivity contribution >= 4 is 23.3 Å². The van der Waals surface area contributed by atoms with Crippen LogP contribution in [0.2, 0.25) is 0 Å². The average molecular weight is 210 g/mol. The summed E-state index contributed by atoms with van der Waals surface area (Å²) < 4.78 is 0. The van der Waals surface area contributed by atoms with Crippen molar-refractivity contribution in [2.24, 2.45) is 10.7 Å². The van der Waals surface area contributed by atoms with E-state index in [1.807, 2.05) is 24.3 Å². The molecule has 0 spiro atoms. The van der Waals surface area contributed by atoms with E-state index in [4.69, 9.17) is 5.73 Å². The third-order valence-electron chi connectivity index (χ3n) is 2.86. The second kappa shape index (κ2) is 3.17. The van der Waals surface area contributed by atoms with Crippen LogP contribution in [-0.2, 0) is 0 Å². The summed E-state index contributed by atoms with van der Waals surface area (Å²) in [6.07, 6.45) is 5.49. The Morgan fingerprint density at radius 2 is 2.25 bits per heavy atom. The van der Waals surface area contributed by atoms with Gasteiger partial charge in [-0.3, -0.25) is 9.79 Å². The number of allylic oxidation sites excluding steroid dienone is 3. The van der Waals surface area contributed by atoms with Gasteiger partial charge in [0.15, 0.2) is 0 Å². The van der Waals surface area contributed by atoms with Crippen LogP contribution >= 0.6 is 0 Å². The van der Waals surface area contributed by atoms with Gasteiger partial charge in [-0.05, 0) is 24.3 Å². The van der Waals surface area contributed by atoms with Gasteiger partial charge in [-0.15, -0.1) is 0 Å². The molecule has 0 unspecified atom stereocenters. The van der Waals surface area contributed by atoms with Crippen LogP contribution in [0.4, 0.5) is 5.69 Å². The standard InChI is InChI=1S/C13H10N2O/c14-9-2-4-13-11(6-9)10-5-8(7-16)1-3-12(10)15-13/h1-3,5-7H,4,14H2. The van der Waals surface area contributed by atoms with Crippen molar-refractivity contribution < 1.29 is 4.79 Å². The maximum absolute atomic E-state index is 10.7. The van der Waals surface area contributed by atoms with Gasteiger partial charge in [0.2, 0.25) is 0 Å². The summed E-state index contributed by atoms with van der Waals surface area (Å²) in [5, 5.41) is 0. The zero-order chi connectivity index (χ0) is 11.1. The first-order valence-electron chi connectivity index (χ1n) is 5.13. The molecule has 2 aliphatic rings. The van der Waals surface area contributed by atoms with E-state index in [0.717, 1.165) is 40.9 Å². The largest absolute Gasteiger partial charge is 0.399 e. The number of benzene rings is 1. The van der Waals surface area contributed by atoms with Gasteiger partial charge in [0, 0.05) is 28.8 Å². The number of nitrogens with two attached hydrogens (primary N) is 1. The fourth-order valence-corrected chi connectivity index (χ4v) is 2.06. The van der Waals surface area contributed by atoms with Crippen LogP contribution in [0.5, 0.6) is 0 Å². The highest BCUT2D eigenvalue weighted by Gasteiger charge is 2.22. The quantitative estimate of drug-likeness (QED) is 0.722. The maximum Gasteiger partial charge on any atom is 0.150 e. The summed E-state index contributed by atoms with van der Waals surface area (Å²) >= 11 is 0. The number of hydrogen-bond donors (Lipinski definition) is 1. The Kier molecular flexibility index (Phi) is 1.80. The molecule has 1 aliphatic carbocycles. The second-order valence-electron chi connectivity index (χ2n) is 3.92. The minimum Gasteiger partial charge on any atom is -0.399 e. The lowest BCUT2D eigenvalue weighted by Gasteiger charge is -2.09. The Bertz CT molecular complexity index is 580. The fourth-order valence-electron chi connectivity index (χ4n) is 2.06. The van der Waals surface area contributed by atoms with Gasteiger partial charge in [0.25, 0.3) is 0 Å². The molecule has 78 valence electrons. The lowest BCUT2D eigenvalue weighted by atomic mass is 9.95. The molecule has 1 heterocycles. The van der Waals surface area contributed by atoms with E-state index < -0.39 is 0 Å². The SMILES string of the molecule is NC1=CCC2=Nc3ccc(C=O)cc3C2=C1. The normalized spacial score (nSPS) is 16.9. The minimum atomic E-state index is 0.671. The van der Waals surface area contributed by atoms with Crippen LogP contribution in [0.3, 0.4) is 0 Å². The van der Waals surface area contributed by atoms with Crippen molar-refractivity contribution in [2.45, 2.75) is 6.42 Å². The van der Waals surface area contributed by atoms with Crippen molar-refractivity contribution in [3.8, 4) is 0 Å². The van der Waals surface area contributed by atoms with Crippen molar-refractivity contribution in [2.75, 3.05) is 0 Å². The first kappa shape index (κ1) is 9.09. The van der Waals surface area contributed by atoms with E-state index in [0.29, 0.717) is 5.56 Å². The molecule has 1 aromatic rings. The second-order valence-corrected chi connectivity index (χ2v) is 3.92. The highest BCUT2D eigenvalue weighted by atomic mass is 16.1. The first-order chi connectivity index (χ1) is 7.78. The summed E-state index contributed by atoms with van der Waals surface area (Å²) in [7, 11) is 0. The number of carbonyl (C=O) groups is 1. The number of aldehydes is 1. The molecule has 2 N–H and O–H groups in total. The third-order valence-corrected chi connectivity index (χ3v) is 2.86. The zero-order valence-corrected chi connectivity index (χ0v) is 8.60. The van der Waals surface area contributed by atoms with Crippen molar-refractivity contribution in [3.63, 3.8) is 0 Å². The molecule has 0 bridgehead atoms. The third kappa shape index (κ3) is 1.21. The molecular formula is C13H10N2O. The Labute approximate surface area is 93.0 Å². The monoisotopic (exact) mass is 210 g/mol. The van der Waals surface area contributed by atoms with Crippen LogP contribution in [0.25, 0.3) is 5.57 Å². The van der Waals surface area contributed by atoms with E-state index >= 15 is 0 Å². The van der Waals surface area contributed by atoms with Gasteiger partial charge in [0.05, 0.1) is 11.4 Å². The van der Waals surface area contributed by atoms with Crippen LogP contribution in [0.1, 0.15) is 22.3 Å².